The van der Waals surface area contributed by atoms with Gasteiger partial charge in [-0.15, -0.1) is 0 Å². The van der Waals surface area contributed by atoms with Gasteiger partial charge in [0.1, 0.15) is 5.75 Å². The minimum atomic E-state index is -3.70. The Morgan fingerprint density at radius 2 is 1.70 bits per heavy atom. The van der Waals surface area contributed by atoms with Crippen LogP contribution in [0.5, 0.6) is 5.75 Å². The number of carbonyl (C=O) groups is 2. The van der Waals surface area contributed by atoms with Crippen LogP contribution in [0.3, 0.4) is 0 Å². The van der Waals surface area contributed by atoms with Crippen molar-refractivity contribution in [2.75, 3.05) is 31.6 Å². The van der Waals surface area contributed by atoms with Crippen molar-refractivity contribution in [3.8, 4) is 5.75 Å². The van der Waals surface area contributed by atoms with Gasteiger partial charge in [0.05, 0.1) is 28.6 Å². The largest absolute Gasteiger partial charge is 0.493 e. The average Bonchev–Trinajstić information content (AvgIpc) is 3.10. The van der Waals surface area contributed by atoms with Gasteiger partial charge in [-0.05, 0) is 43.2 Å². The van der Waals surface area contributed by atoms with Crippen LogP contribution in [0.1, 0.15) is 32.1 Å². The summed E-state index contributed by atoms with van der Waals surface area (Å²) in [5.74, 6) is -0.587. The molecule has 1 aliphatic heterocycles. The number of hydrogen-bond donors (Lipinski definition) is 1. The summed E-state index contributed by atoms with van der Waals surface area (Å²) < 4.78 is 37.8. The predicted octanol–water partition coefficient (Wildman–Crippen LogP) is 3.86. The van der Waals surface area contributed by atoms with Gasteiger partial charge >= 0.3 is 5.97 Å². The van der Waals surface area contributed by atoms with Gasteiger partial charge < -0.3 is 14.8 Å². The summed E-state index contributed by atoms with van der Waals surface area (Å²) in [5.41, 5.74) is 0.140. The van der Waals surface area contributed by atoms with Gasteiger partial charge in [-0.2, -0.15) is 4.31 Å². The number of para-hydroxylation sites is 1. The molecule has 2 aromatic rings. The first kappa shape index (κ1) is 25.0. The zero-order chi connectivity index (χ0) is 23.7. The lowest BCUT2D eigenvalue weighted by atomic mass is 10.2. The van der Waals surface area contributed by atoms with E-state index in [9.17, 15) is 18.0 Å². The minimum absolute atomic E-state index is 0.0213. The lowest BCUT2D eigenvalue weighted by Gasteiger charge is -2.20. The molecule has 8 nitrogen and oxygen atoms in total. The van der Waals surface area contributed by atoms with E-state index in [2.05, 4.69) is 5.32 Å². The lowest BCUT2D eigenvalue weighted by molar-refractivity contribution is -0.147. The molecule has 1 aliphatic rings. The molecule has 10 heteroatoms. The number of esters is 1. The highest BCUT2D eigenvalue weighted by Crippen LogP contribution is 2.28. The fraction of sp³-hybridized carbons (Fsp3) is 0.391. The maximum absolute atomic E-state index is 13.0. The van der Waals surface area contributed by atoms with E-state index in [1.165, 1.54) is 22.5 Å². The zero-order valence-corrected chi connectivity index (χ0v) is 19.7. The number of nitrogens with zero attached hydrogens (tertiary/aromatic N) is 1. The highest BCUT2D eigenvalue weighted by molar-refractivity contribution is 7.89. The van der Waals surface area contributed by atoms with Crippen LogP contribution in [-0.4, -0.2) is 50.9 Å². The van der Waals surface area contributed by atoms with Crippen LogP contribution >= 0.6 is 11.6 Å². The Balaban J connectivity index is 1.52. The zero-order valence-electron chi connectivity index (χ0n) is 18.2. The van der Waals surface area contributed by atoms with Crippen LogP contribution < -0.4 is 10.1 Å². The van der Waals surface area contributed by atoms with E-state index in [-0.39, 0.29) is 28.6 Å². The molecule has 1 amide bonds. The van der Waals surface area contributed by atoms with Crippen LogP contribution in [0.2, 0.25) is 5.02 Å². The predicted molar refractivity (Wildman–Crippen MR) is 125 cm³/mol. The minimum Gasteiger partial charge on any atom is -0.493 e. The van der Waals surface area contributed by atoms with Crippen molar-refractivity contribution >= 4 is 39.2 Å². The maximum atomic E-state index is 13.0. The van der Waals surface area contributed by atoms with Crippen LogP contribution in [0.4, 0.5) is 5.69 Å². The molecule has 0 atom stereocenters. The molecule has 2 aromatic carbocycles. The number of anilines is 1. The third kappa shape index (κ3) is 7.45. The summed E-state index contributed by atoms with van der Waals surface area (Å²) in [6.45, 7) is 0.531. The Kier molecular flexibility index (Phi) is 9.11. The van der Waals surface area contributed by atoms with Crippen molar-refractivity contribution in [2.24, 2.45) is 0 Å². The molecule has 0 unspecified atom stereocenters. The summed E-state index contributed by atoms with van der Waals surface area (Å²) in [6.07, 6.45) is 3.62. The SMILES string of the molecule is O=C(COC(=O)CCOc1ccccc1)Nc1cc(S(=O)(=O)N2CCCCCC2)ccc1Cl. The van der Waals surface area contributed by atoms with E-state index in [4.69, 9.17) is 21.1 Å². The normalized spacial score (nSPS) is 14.8. The molecule has 3 rings (SSSR count). The highest BCUT2D eigenvalue weighted by atomic mass is 35.5. The average molecular weight is 495 g/mol. The number of sulfonamides is 1. The first-order valence-electron chi connectivity index (χ1n) is 10.8. The van der Waals surface area contributed by atoms with Gasteiger partial charge in [0, 0.05) is 13.1 Å². The van der Waals surface area contributed by atoms with Crippen molar-refractivity contribution in [1.29, 1.82) is 0 Å². The number of halogens is 1. The third-order valence-corrected chi connectivity index (χ3v) is 7.32. The van der Waals surface area contributed by atoms with E-state index in [0.29, 0.717) is 18.8 Å². The molecule has 0 bridgehead atoms. The third-order valence-electron chi connectivity index (χ3n) is 5.10. The molecule has 0 radical (unpaired) electrons. The molecular formula is C23H27ClN2O6S. The van der Waals surface area contributed by atoms with Crippen molar-refractivity contribution in [1.82, 2.24) is 4.31 Å². The number of hydrogen-bond acceptors (Lipinski definition) is 6. The molecule has 33 heavy (non-hydrogen) atoms. The van der Waals surface area contributed by atoms with Gasteiger partial charge in [-0.3, -0.25) is 9.59 Å². The van der Waals surface area contributed by atoms with Crippen molar-refractivity contribution < 1.29 is 27.5 Å². The maximum Gasteiger partial charge on any atom is 0.309 e. The van der Waals surface area contributed by atoms with E-state index >= 15 is 0 Å². The molecule has 0 aromatic heterocycles. The number of benzene rings is 2. The quantitative estimate of drug-likeness (QED) is 0.531. The highest BCUT2D eigenvalue weighted by Gasteiger charge is 2.26. The number of ether oxygens (including phenoxy) is 2. The Bertz CT molecular complexity index is 1050. The molecule has 1 heterocycles. The standard InChI is InChI=1S/C23H27ClN2O6S/c24-20-11-10-19(33(29,30)26-13-6-1-2-7-14-26)16-21(20)25-22(27)17-32-23(28)12-15-31-18-8-4-3-5-9-18/h3-5,8-11,16H,1-2,6-7,12-15,17H2,(H,25,27). The van der Waals surface area contributed by atoms with Gasteiger partial charge in [-0.25, -0.2) is 8.42 Å². The van der Waals surface area contributed by atoms with Crippen molar-refractivity contribution in [3.63, 3.8) is 0 Å². The Hall–Kier alpha value is -2.62. The fourth-order valence-corrected chi connectivity index (χ4v) is 5.07. The molecule has 1 fully saturated rings. The first-order chi connectivity index (χ1) is 15.9. The molecular weight excluding hydrogens is 468 g/mol. The van der Waals surface area contributed by atoms with Crippen LogP contribution in [-0.2, 0) is 24.3 Å². The molecule has 0 spiro atoms. The summed E-state index contributed by atoms with van der Waals surface area (Å²) in [7, 11) is -3.70. The first-order valence-corrected chi connectivity index (χ1v) is 12.6. The Morgan fingerprint density at radius 3 is 2.39 bits per heavy atom. The topological polar surface area (TPSA) is 102 Å². The summed E-state index contributed by atoms with van der Waals surface area (Å²) in [5, 5.41) is 2.69. The number of rotatable bonds is 9. The van der Waals surface area contributed by atoms with E-state index in [1.807, 2.05) is 18.2 Å². The van der Waals surface area contributed by atoms with E-state index in [1.54, 1.807) is 12.1 Å². The van der Waals surface area contributed by atoms with Gasteiger partial charge in [-0.1, -0.05) is 42.6 Å². The molecule has 1 saturated heterocycles. The van der Waals surface area contributed by atoms with E-state index in [0.717, 1.165) is 25.7 Å². The fourth-order valence-electron chi connectivity index (χ4n) is 3.37. The molecule has 178 valence electrons. The molecule has 0 saturated carbocycles. The van der Waals surface area contributed by atoms with Crippen LogP contribution in [0.25, 0.3) is 0 Å². The summed E-state index contributed by atoms with van der Waals surface area (Å²) >= 11 is 6.14. The second kappa shape index (κ2) is 12.0. The van der Waals surface area contributed by atoms with Gasteiger partial charge in [0.25, 0.3) is 5.91 Å². The molecule has 0 aliphatic carbocycles. The smallest absolute Gasteiger partial charge is 0.309 e. The van der Waals surface area contributed by atoms with Gasteiger partial charge in [0.2, 0.25) is 10.0 Å². The van der Waals surface area contributed by atoms with Crippen LogP contribution in [0.15, 0.2) is 53.4 Å². The Morgan fingerprint density at radius 1 is 1.00 bits per heavy atom. The van der Waals surface area contributed by atoms with Crippen molar-refractivity contribution in [2.45, 2.75) is 37.0 Å². The second-order valence-corrected chi connectivity index (χ2v) is 9.93. The second-order valence-electron chi connectivity index (χ2n) is 7.58. The lowest BCUT2D eigenvalue weighted by Crippen LogP contribution is -2.32. The number of nitrogens with one attached hydrogen (secondary N) is 1. The Labute approximate surface area is 198 Å². The number of carbonyl (C=O) groups excluding carboxylic acids is 2. The number of amides is 1. The van der Waals surface area contributed by atoms with E-state index < -0.39 is 28.5 Å². The molecule has 1 N–H and O–H groups in total. The summed E-state index contributed by atoms with van der Waals surface area (Å²) in [6, 6.07) is 13.2. The summed E-state index contributed by atoms with van der Waals surface area (Å²) in [4.78, 5) is 24.1. The van der Waals surface area contributed by atoms with Crippen LogP contribution in [0, 0.1) is 0 Å². The monoisotopic (exact) mass is 494 g/mol. The van der Waals surface area contributed by atoms with Crippen molar-refractivity contribution in [3.05, 3.63) is 53.6 Å². The van der Waals surface area contributed by atoms with Gasteiger partial charge in [0.15, 0.2) is 6.61 Å².